The molecule has 1 aliphatic heterocycles. The van der Waals surface area contributed by atoms with Crippen molar-refractivity contribution in [3.8, 4) is 5.69 Å². The minimum atomic E-state index is 0.212. The number of aromatic nitrogens is 2. The van der Waals surface area contributed by atoms with E-state index in [4.69, 9.17) is 0 Å². The molecule has 1 aromatic carbocycles. The molecule has 2 aromatic heterocycles. The third-order valence-electron chi connectivity index (χ3n) is 4.96. The Bertz CT molecular complexity index is 875. The summed E-state index contributed by atoms with van der Waals surface area (Å²) in [6.45, 7) is 2.00. The van der Waals surface area contributed by atoms with Gasteiger partial charge >= 0.3 is 0 Å². The number of para-hydroxylation sites is 1. The van der Waals surface area contributed by atoms with Crippen LogP contribution in [0.15, 0.2) is 60.2 Å². The molecule has 6 heteroatoms. The second kappa shape index (κ2) is 8.06. The fourth-order valence-electron chi connectivity index (χ4n) is 3.69. The first-order valence-corrected chi connectivity index (χ1v) is 10.2. The Balaban J connectivity index is 1.36. The fraction of sp³-hybridized carbons (Fsp3) is 0.333. The van der Waals surface area contributed by atoms with Crippen LogP contribution in [0.5, 0.6) is 0 Å². The molecule has 1 saturated heterocycles. The summed E-state index contributed by atoms with van der Waals surface area (Å²) in [5.41, 5.74) is 2.14. The van der Waals surface area contributed by atoms with E-state index in [9.17, 15) is 4.79 Å². The van der Waals surface area contributed by atoms with E-state index in [1.807, 2.05) is 54.5 Å². The molecule has 1 unspecified atom stereocenters. The van der Waals surface area contributed by atoms with E-state index in [1.54, 1.807) is 11.3 Å². The Morgan fingerprint density at radius 2 is 2.11 bits per heavy atom. The molecule has 0 bridgehead atoms. The molecule has 1 fully saturated rings. The quantitative estimate of drug-likeness (QED) is 0.654. The summed E-state index contributed by atoms with van der Waals surface area (Å²) < 4.78 is 1.87. The summed E-state index contributed by atoms with van der Waals surface area (Å²) >= 11 is 1.74. The number of thiophene rings is 1. The maximum atomic E-state index is 12.8. The smallest absolute Gasteiger partial charge is 0.237 e. The first-order valence-electron chi connectivity index (χ1n) is 9.31. The maximum absolute atomic E-state index is 12.8. The SMILES string of the molecule is CN(CC(=O)N1CCCC1c1cccs1)Cc1cnn(-c2ccccc2)c1. The summed E-state index contributed by atoms with van der Waals surface area (Å²) in [5, 5.41) is 6.53. The van der Waals surface area contributed by atoms with Crippen molar-refractivity contribution in [1.82, 2.24) is 19.6 Å². The standard InChI is InChI=1S/C21H24N4OS/c1-23(14-17-13-22-25(15-17)18-7-3-2-4-8-18)16-21(26)24-11-5-9-19(24)20-10-6-12-27-20/h2-4,6-8,10,12-13,15,19H,5,9,11,14,16H2,1H3. The lowest BCUT2D eigenvalue weighted by molar-refractivity contribution is -0.133. The molecule has 0 radical (unpaired) electrons. The number of benzene rings is 1. The second-order valence-electron chi connectivity index (χ2n) is 7.06. The highest BCUT2D eigenvalue weighted by Crippen LogP contribution is 2.34. The zero-order chi connectivity index (χ0) is 18.6. The van der Waals surface area contributed by atoms with Crippen LogP contribution in [0.1, 0.15) is 29.3 Å². The van der Waals surface area contributed by atoms with Crippen molar-refractivity contribution in [3.63, 3.8) is 0 Å². The number of carbonyl (C=O) groups excluding carboxylic acids is 1. The average Bonchev–Trinajstić information content (AvgIpc) is 3.43. The molecule has 0 N–H and O–H groups in total. The summed E-state index contributed by atoms with van der Waals surface area (Å²) in [7, 11) is 1.99. The molecular formula is C21H24N4OS. The Hall–Kier alpha value is -2.44. The van der Waals surface area contributed by atoms with E-state index in [0.717, 1.165) is 30.6 Å². The molecule has 1 amide bonds. The van der Waals surface area contributed by atoms with Crippen LogP contribution in [0.25, 0.3) is 5.69 Å². The van der Waals surface area contributed by atoms with Crippen molar-refractivity contribution < 1.29 is 4.79 Å². The number of amides is 1. The third kappa shape index (κ3) is 4.12. The fourth-order valence-corrected chi connectivity index (χ4v) is 4.57. The number of likely N-dealkylation sites (tertiary alicyclic amines) is 1. The van der Waals surface area contributed by atoms with Gasteiger partial charge in [-0.25, -0.2) is 4.68 Å². The molecular weight excluding hydrogens is 356 g/mol. The van der Waals surface area contributed by atoms with E-state index in [2.05, 4.69) is 32.4 Å². The monoisotopic (exact) mass is 380 g/mol. The molecule has 5 nitrogen and oxygen atoms in total. The highest BCUT2D eigenvalue weighted by molar-refractivity contribution is 7.10. The molecule has 1 atom stereocenters. The molecule has 0 saturated carbocycles. The highest BCUT2D eigenvalue weighted by atomic mass is 32.1. The van der Waals surface area contributed by atoms with Gasteiger partial charge in [-0.15, -0.1) is 11.3 Å². The predicted molar refractivity (Wildman–Crippen MR) is 108 cm³/mol. The number of hydrogen-bond donors (Lipinski definition) is 0. The second-order valence-corrected chi connectivity index (χ2v) is 8.04. The van der Waals surface area contributed by atoms with Crippen LogP contribution in [-0.4, -0.2) is 45.6 Å². The summed E-state index contributed by atoms with van der Waals surface area (Å²) in [6, 6.07) is 14.5. The molecule has 3 heterocycles. The van der Waals surface area contributed by atoms with E-state index in [0.29, 0.717) is 13.1 Å². The van der Waals surface area contributed by atoms with Gasteiger partial charge in [0.15, 0.2) is 0 Å². The van der Waals surface area contributed by atoms with E-state index in [1.165, 1.54) is 4.88 Å². The Labute approximate surface area is 163 Å². The Morgan fingerprint density at radius 1 is 1.26 bits per heavy atom. The van der Waals surface area contributed by atoms with Gasteiger partial charge in [0.25, 0.3) is 0 Å². The van der Waals surface area contributed by atoms with E-state index < -0.39 is 0 Å². The topological polar surface area (TPSA) is 41.4 Å². The molecule has 0 aliphatic carbocycles. The first kappa shape index (κ1) is 17.9. The minimum absolute atomic E-state index is 0.212. The van der Waals surface area contributed by atoms with Gasteiger partial charge in [0.1, 0.15) is 0 Å². The minimum Gasteiger partial charge on any atom is -0.334 e. The Morgan fingerprint density at radius 3 is 2.89 bits per heavy atom. The Kier molecular flexibility index (Phi) is 5.36. The van der Waals surface area contributed by atoms with Crippen LogP contribution in [0.3, 0.4) is 0 Å². The van der Waals surface area contributed by atoms with Crippen LogP contribution >= 0.6 is 11.3 Å². The van der Waals surface area contributed by atoms with Gasteiger partial charge in [0.05, 0.1) is 24.5 Å². The molecule has 4 rings (SSSR count). The summed E-state index contributed by atoms with van der Waals surface area (Å²) in [5.74, 6) is 0.212. The maximum Gasteiger partial charge on any atom is 0.237 e. The molecule has 140 valence electrons. The van der Waals surface area contributed by atoms with Crippen molar-refractivity contribution >= 4 is 17.2 Å². The van der Waals surface area contributed by atoms with Gasteiger partial charge in [-0.2, -0.15) is 5.10 Å². The van der Waals surface area contributed by atoms with Gasteiger partial charge in [0, 0.05) is 29.7 Å². The first-order chi connectivity index (χ1) is 13.2. The predicted octanol–water partition coefficient (Wildman–Crippen LogP) is 3.73. The molecule has 0 spiro atoms. The third-order valence-corrected chi connectivity index (χ3v) is 5.93. The van der Waals surface area contributed by atoms with Gasteiger partial charge < -0.3 is 4.90 Å². The molecule has 3 aromatic rings. The number of carbonyl (C=O) groups is 1. The number of hydrogen-bond acceptors (Lipinski definition) is 4. The van der Waals surface area contributed by atoms with Crippen molar-refractivity contribution in [2.75, 3.05) is 20.1 Å². The van der Waals surface area contributed by atoms with E-state index in [-0.39, 0.29) is 11.9 Å². The average molecular weight is 381 g/mol. The van der Waals surface area contributed by atoms with Crippen LogP contribution in [-0.2, 0) is 11.3 Å². The van der Waals surface area contributed by atoms with Gasteiger partial charge in [-0.1, -0.05) is 24.3 Å². The normalized spacial score (nSPS) is 17.0. The number of nitrogens with zero attached hydrogens (tertiary/aromatic N) is 4. The molecule has 1 aliphatic rings. The van der Waals surface area contributed by atoms with Crippen LogP contribution < -0.4 is 0 Å². The lowest BCUT2D eigenvalue weighted by Crippen LogP contribution is -2.38. The summed E-state index contributed by atoms with van der Waals surface area (Å²) in [6.07, 6.45) is 6.06. The van der Waals surface area contributed by atoms with Crippen molar-refractivity contribution in [3.05, 3.63) is 70.7 Å². The van der Waals surface area contributed by atoms with Gasteiger partial charge in [-0.3, -0.25) is 9.69 Å². The largest absolute Gasteiger partial charge is 0.334 e. The van der Waals surface area contributed by atoms with Crippen LogP contribution in [0.2, 0.25) is 0 Å². The highest BCUT2D eigenvalue weighted by Gasteiger charge is 2.30. The zero-order valence-electron chi connectivity index (χ0n) is 15.5. The summed E-state index contributed by atoms with van der Waals surface area (Å²) in [4.78, 5) is 18.3. The lowest BCUT2D eigenvalue weighted by atomic mass is 10.2. The molecule has 27 heavy (non-hydrogen) atoms. The van der Waals surface area contributed by atoms with E-state index >= 15 is 0 Å². The number of likely N-dealkylation sites (N-methyl/N-ethyl adjacent to an activating group) is 1. The zero-order valence-corrected chi connectivity index (χ0v) is 16.3. The van der Waals surface area contributed by atoms with Crippen LogP contribution in [0.4, 0.5) is 0 Å². The lowest BCUT2D eigenvalue weighted by Gasteiger charge is -2.26. The van der Waals surface area contributed by atoms with Gasteiger partial charge in [0.2, 0.25) is 5.91 Å². The number of rotatable bonds is 6. The van der Waals surface area contributed by atoms with Gasteiger partial charge in [-0.05, 0) is 43.5 Å². The van der Waals surface area contributed by atoms with Crippen molar-refractivity contribution in [1.29, 1.82) is 0 Å². The van der Waals surface area contributed by atoms with Crippen molar-refractivity contribution in [2.24, 2.45) is 0 Å². The van der Waals surface area contributed by atoms with Crippen LogP contribution in [0, 0.1) is 0 Å². The van der Waals surface area contributed by atoms with Crippen molar-refractivity contribution in [2.45, 2.75) is 25.4 Å².